The van der Waals surface area contributed by atoms with Crippen molar-refractivity contribution >= 4 is 35.1 Å². The Morgan fingerprint density at radius 1 is 0.971 bits per heavy atom. The normalized spacial score (nSPS) is 15.6. The molecule has 0 bridgehead atoms. The number of rotatable bonds is 6. The number of hydrogen-bond acceptors (Lipinski definition) is 6. The molecule has 0 saturated carbocycles. The second-order valence-electron chi connectivity index (χ2n) is 7.33. The topological polar surface area (TPSA) is 121 Å². The molecule has 172 valence electrons. The van der Waals surface area contributed by atoms with Crippen molar-refractivity contribution in [3.8, 4) is 5.75 Å². The minimum absolute atomic E-state index is 0.236. The van der Waals surface area contributed by atoms with Crippen LogP contribution in [0.15, 0.2) is 79.1 Å². The smallest absolute Gasteiger partial charge is 0.350 e. The van der Waals surface area contributed by atoms with Crippen LogP contribution < -0.4 is 20.4 Å². The van der Waals surface area contributed by atoms with Crippen LogP contribution in [0.3, 0.4) is 0 Å². The van der Waals surface area contributed by atoms with Gasteiger partial charge in [-0.1, -0.05) is 18.2 Å². The number of nitrogens with zero attached hydrogens (tertiary/aromatic N) is 3. The molecule has 0 unspecified atom stereocenters. The van der Waals surface area contributed by atoms with Gasteiger partial charge in [0.05, 0.1) is 19.2 Å². The molecule has 1 fully saturated rings. The lowest BCUT2D eigenvalue weighted by Crippen LogP contribution is -2.65. The van der Waals surface area contributed by atoms with Gasteiger partial charge in [0.15, 0.2) is 0 Å². The molecule has 1 aliphatic rings. The van der Waals surface area contributed by atoms with Crippen molar-refractivity contribution in [2.45, 2.75) is 12.5 Å². The van der Waals surface area contributed by atoms with Gasteiger partial charge in [-0.3, -0.25) is 24.8 Å². The zero-order valence-corrected chi connectivity index (χ0v) is 18.2. The number of hydrazine groups is 1. The van der Waals surface area contributed by atoms with E-state index in [9.17, 15) is 19.2 Å². The van der Waals surface area contributed by atoms with E-state index >= 15 is 0 Å². The van der Waals surface area contributed by atoms with Gasteiger partial charge < -0.3 is 10.1 Å². The SMILES string of the molecule is COc1ccc(NC(=O)[C@H]2CC(=O)N(c3ccccc3)C(=O)N2NC(=O)c2ccncc2)cc1. The van der Waals surface area contributed by atoms with Crippen molar-refractivity contribution in [3.05, 3.63) is 84.7 Å². The number of benzene rings is 2. The Hall–Kier alpha value is -4.73. The molecule has 4 rings (SSSR count). The van der Waals surface area contributed by atoms with E-state index < -0.39 is 29.8 Å². The number of amides is 5. The number of anilines is 2. The number of aromatic nitrogens is 1. The second kappa shape index (κ2) is 9.82. The van der Waals surface area contributed by atoms with Crippen LogP contribution >= 0.6 is 0 Å². The van der Waals surface area contributed by atoms with Crippen LogP contribution in [-0.4, -0.2) is 46.9 Å². The molecule has 10 heteroatoms. The van der Waals surface area contributed by atoms with Crippen molar-refractivity contribution in [1.82, 2.24) is 15.4 Å². The molecular weight excluding hydrogens is 438 g/mol. The number of methoxy groups -OCH3 is 1. The van der Waals surface area contributed by atoms with Gasteiger partial charge in [0, 0.05) is 23.6 Å². The number of para-hydroxylation sites is 1. The summed E-state index contributed by atoms with van der Waals surface area (Å²) in [5.41, 5.74) is 3.49. The summed E-state index contributed by atoms with van der Waals surface area (Å²) in [4.78, 5) is 57.0. The number of ether oxygens (including phenoxy) is 1. The van der Waals surface area contributed by atoms with Gasteiger partial charge in [-0.15, -0.1) is 0 Å². The first kappa shape index (κ1) is 22.5. The number of hydrogen-bond donors (Lipinski definition) is 2. The molecule has 0 aliphatic carbocycles. The lowest BCUT2D eigenvalue weighted by atomic mass is 10.1. The molecule has 0 spiro atoms. The van der Waals surface area contributed by atoms with Crippen molar-refractivity contribution < 1.29 is 23.9 Å². The first-order valence-corrected chi connectivity index (χ1v) is 10.3. The Morgan fingerprint density at radius 3 is 2.29 bits per heavy atom. The third-order valence-electron chi connectivity index (χ3n) is 5.17. The number of carbonyl (C=O) groups is 4. The molecule has 2 N–H and O–H groups in total. The van der Waals surface area contributed by atoms with Crippen molar-refractivity contribution in [2.75, 3.05) is 17.3 Å². The molecule has 2 heterocycles. The first-order valence-electron chi connectivity index (χ1n) is 10.3. The van der Waals surface area contributed by atoms with Gasteiger partial charge in [0.25, 0.3) is 5.91 Å². The molecule has 0 radical (unpaired) electrons. The lowest BCUT2D eigenvalue weighted by Gasteiger charge is -2.38. The monoisotopic (exact) mass is 459 g/mol. The standard InChI is InChI=1S/C24H21N5O5/c1-34-19-9-7-17(8-10-19)26-23(32)20-15-21(30)28(18-5-3-2-4-6-18)24(33)29(20)27-22(31)16-11-13-25-14-12-16/h2-14,20H,15H2,1H3,(H,26,32)(H,27,31)/t20-/m1/s1. The lowest BCUT2D eigenvalue weighted by molar-refractivity contribution is -0.128. The molecule has 2 aromatic carbocycles. The van der Waals surface area contributed by atoms with Crippen molar-refractivity contribution in [1.29, 1.82) is 0 Å². The Morgan fingerprint density at radius 2 is 1.65 bits per heavy atom. The average Bonchev–Trinajstić information content (AvgIpc) is 2.87. The Kier molecular flexibility index (Phi) is 6.49. The second-order valence-corrected chi connectivity index (χ2v) is 7.33. The average molecular weight is 459 g/mol. The third-order valence-corrected chi connectivity index (χ3v) is 5.17. The molecule has 1 aromatic heterocycles. The van der Waals surface area contributed by atoms with Gasteiger partial charge in [0.2, 0.25) is 11.8 Å². The molecule has 34 heavy (non-hydrogen) atoms. The van der Waals surface area contributed by atoms with Crippen molar-refractivity contribution in [2.24, 2.45) is 0 Å². The van der Waals surface area contributed by atoms with E-state index in [0.717, 1.165) is 9.91 Å². The van der Waals surface area contributed by atoms with Crippen LogP contribution in [0.5, 0.6) is 5.75 Å². The highest BCUT2D eigenvalue weighted by Crippen LogP contribution is 2.25. The van der Waals surface area contributed by atoms with Gasteiger partial charge in [-0.2, -0.15) is 0 Å². The molecule has 5 amide bonds. The summed E-state index contributed by atoms with van der Waals surface area (Å²) in [6.45, 7) is 0. The summed E-state index contributed by atoms with van der Waals surface area (Å²) in [5.74, 6) is -1.22. The van der Waals surface area contributed by atoms with Crippen LogP contribution in [-0.2, 0) is 9.59 Å². The zero-order valence-electron chi connectivity index (χ0n) is 18.2. The predicted molar refractivity (Wildman–Crippen MR) is 123 cm³/mol. The molecule has 10 nitrogen and oxygen atoms in total. The van der Waals surface area contributed by atoms with Gasteiger partial charge in [-0.25, -0.2) is 14.7 Å². The molecule has 1 aliphatic heterocycles. The summed E-state index contributed by atoms with van der Waals surface area (Å²) in [7, 11) is 1.52. The van der Waals surface area contributed by atoms with E-state index in [4.69, 9.17) is 4.74 Å². The van der Waals surface area contributed by atoms with Crippen LogP contribution in [0.2, 0.25) is 0 Å². The largest absolute Gasteiger partial charge is 0.497 e. The van der Waals surface area contributed by atoms with E-state index in [1.165, 1.54) is 31.6 Å². The maximum Gasteiger partial charge on any atom is 0.350 e. The third kappa shape index (κ3) is 4.70. The summed E-state index contributed by atoms with van der Waals surface area (Å²) in [6, 6.07) is 15.7. The van der Waals surface area contributed by atoms with E-state index in [1.54, 1.807) is 54.6 Å². The molecular formula is C24H21N5O5. The van der Waals surface area contributed by atoms with E-state index in [2.05, 4.69) is 15.7 Å². The number of urea groups is 1. The molecule has 1 saturated heterocycles. The summed E-state index contributed by atoms with van der Waals surface area (Å²) >= 11 is 0. The van der Waals surface area contributed by atoms with Gasteiger partial charge in [0.1, 0.15) is 11.8 Å². The highest BCUT2D eigenvalue weighted by atomic mass is 16.5. The maximum atomic E-state index is 13.4. The van der Waals surface area contributed by atoms with E-state index in [-0.39, 0.29) is 12.0 Å². The quantitative estimate of drug-likeness (QED) is 0.585. The fourth-order valence-electron chi connectivity index (χ4n) is 3.44. The molecule has 1 atom stereocenters. The van der Waals surface area contributed by atoms with Crippen LogP contribution in [0.25, 0.3) is 0 Å². The number of imide groups is 1. The van der Waals surface area contributed by atoms with E-state index in [0.29, 0.717) is 17.1 Å². The van der Waals surface area contributed by atoms with Crippen LogP contribution in [0.4, 0.5) is 16.2 Å². The first-order chi connectivity index (χ1) is 16.5. The fourth-order valence-corrected chi connectivity index (χ4v) is 3.44. The minimum Gasteiger partial charge on any atom is -0.497 e. The van der Waals surface area contributed by atoms with Crippen molar-refractivity contribution in [3.63, 3.8) is 0 Å². The zero-order chi connectivity index (χ0) is 24.1. The highest BCUT2D eigenvalue weighted by molar-refractivity contribution is 6.19. The van der Waals surface area contributed by atoms with Crippen LogP contribution in [0, 0.1) is 0 Å². The summed E-state index contributed by atoms with van der Waals surface area (Å²) in [5, 5.41) is 3.57. The maximum absolute atomic E-state index is 13.4. The number of nitrogens with one attached hydrogen (secondary N) is 2. The summed E-state index contributed by atoms with van der Waals surface area (Å²) < 4.78 is 5.11. The Labute approximate surface area is 195 Å². The van der Waals surface area contributed by atoms with Gasteiger partial charge >= 0.3 is 6.03 Å². The number of pyridine rings is 1. The highest BCUT2D eigenvalue weighted by Gasteiger charge is 2.44. The number of carbonyl (C=O) groups excluding carboxylic acids is 4. The van der Waals surface area contributed by atoms with E-state index in [1.807, 2.05) is 0 Å². The molecule has 3 aromatic rings. The minimum atomic E-state index is -1.27. The Balaban J connectivity index is 1.62. The predicted octanol–water partition coefficient (Wildman–Crippen LogP) is 2.60. The summed E-state index contributed by atoms with van der Waals surface area (Å²) in [6.07, 6.45) is 2.53. The fraction of sp³-hybridized carbons (Fsp3) is 0.125. The van der Waals surface area contributed by atoms with Crippen LogP contribution in [0.1, 0.15) is 16.8 Å². The Bertz CT molecular complexity index is 1200. The van der Waals surface area contributed by atoms with Gasteiger partial charge in [-0.05, 0) is 48.5 Å².